The fraction of sp³-hybridized carbons (Fsp3) is 0.714. The molecule has 0 spiro atoms. The SMILES string of the molecule is CCCC[C@H](N)C(=O)C=N. The van der Waals surface area contributed by atoms with Crippen LogP contribution < -0.4 is 5.73 Å². The average Bonchev–Trinajstić information content (AvgIpc) is 1.98. The molecule has 0 aromatic rings. The van der Waals surface area contributed by atoms with E-state index in [4.69, 9.17) is 11.1 Å². The van der Waals surface area contributed by atoms with Gasteiger partial charge in [-0.15, -0.1) is 0 Å². The third-order valence-electron chi connectivity index (χ3n) is 1.38. The number of ketones is 1. The molecule has 3 nitrogen and oxygen atoms in total. The monoisotopic (exact) mass is 142 g/mol. The highest BCUT2D eigenvalue weighted by Gasteiger charge is 2.08. The number of rotatable bonds is 5. The first-order chi connectivity index (χ1) is 4.72. The lowest BCUT2D eigenvalue weighted by Crippen LogP contribution is -2.30. The van der Waals surface area contributed by atoms with E-state index >= 15 is 0 Å². The molecule has 0 aliphatic heterocycles. The van der Waals surface area contributed by atoms with Crippen molar-refractivity contribution >= 4 is 12.0 Å². The summed E-state index contributed by atoms with van der Waals surface area (Å²) in [5.74, 6) is -0.270. The van der Waals surface area contributed by atoms with Crippen LogP contribution >= 0.6 is 0 Å². The molecule has 3 N–H and O–H groups in total. The zero-order valence-corrected chi connectivity index (χ0v) is 6.26. The first-order valence-corrected chi connectivity index (χ1v) is 3.52. The van der Waals surface area contributed by atoms with Gasteiger partial charge in [-0.2, -0.15) is 0 Å². The van der Waals surface area contributed by atoms with Gasteiger partial charge in [-0.25, -0.2) is 0 Å². The summed E-state index contributed by atoms with van der Waals surface area (Å²) in [7, 11) is 0. The fourth-order valence-electron chi connectivity index (χ4n) is 0.673. The molecule has 0 aromatic heterocycles. The molecule has 0 bridgehead atoms. The highest BCUT2D eigenvalue weighted by atomic mass is 16.1. The Hall–Kier alpha value is -0.700. The minimum atomic E-state index is -0.447. The second-order valence-corrected chi connectivity index (χ2v) is 2.30. The van der Waals surface area contributed by atoms with E-state index in [2.05, 4.69) is 0 Å². The Labute approximate surface area is 61.1 Å². The lowest BCUT2D eigenvalue weighted by atomic mass is 10.1. The predicted octanol–water partition coefficient (Wildman–Crippen LogP) is 0.723. The van der Waals surface area contributed by atoms with Gasteiger partial charge in [0, 0.05) is 0 Å². The third-order valence-corrected chi connectivity index (χ3v) is 1.38. The molecule has 0 saturated heterocycles. The van der Waals surface area contributed by atoms with Gasteiger partial charge in [0.05, 0.1) is 12.3 Å². The molecule has 0 amide bonds. The van der Waals surface area contributed by atoms with Gasteiger partial charge in [-0.1, -0.05) is 19.8 Å². The molecular formula is C7H14N2O. The first kappa shape index (κ1) is 9.30. The van der Waals surface area contributed by atoms with E-state index in [1.807, 2.05) is 6.92 Å². The van der Waals surface area contributed by atoms with Crippen molar-refractivity contribution in [3.05, 3.63) is 0 Å². The highest BCUT2D eigenvalue weighted by Crippen LogP contribution is 1.97. The maximum Gasteiger partial charge on any atom is 0.189 e. The molecule has 0 unspecified atom stereocenters. The predicted molar refractivity (Wildman–Crippen MR) is 41.3 cm³/mol. The number of hydrogen-bond donors (Lipinski definition) is 2. The van der Waals surface area contributed by atoms with E-state index in [0.29, 0.717) is 6.42 Å². The summed E-state index contributed by atoms with van der Waals surface area (Å²) in [6.07, 6.45) is 3.49. The molecule has 58 valence electrons. The number of carbonyl (C=O) groups excluding carboxylic acids is 1. The maximum absolute atomic E-state index is 10.6. The Morgan fingerprint density at radius 1 is 1.80 bits per heavy atom. The minimum Gasteiger partial charge on any atom is -0.321 e. The van der Waals surface area contributed by atoms with Gasteiger partial charge in [-0.05, 0) is 6.42 Å². The van der Waals surface area contributed by atoms with Crippen LogP contribution in [0.1, 0.15) is 26.2 Å². The second kappa shape index (κ2) is 5.11. The van der Waals surface area contributed by atoms with Crippen LogP contribution in [0, 0.1) is 5.41 Å². The quantitative estimate of drug-likeness (QED) is 0.555. The van der Waals surface area contributed by atoms with E-state index in [1.165, 1.54) is 0 Å². The fourth-order valence-corrected chi connectivity index (χ4v) is 0.673. The van der Waals surface area contributed by atoms with Gasteiger partial charge >= 0.3 is 0 Å². The molecule has 10 heavy (non-hydrogen) atoms. The van der Waals surface area contributed by atoms with Crippen molar-refractivity contribution in [3.63, 3.8) is 0 Å². The van der Waals surface area contributed by atoms with Crippen molar-refractivity contribution in [3.8, 4) is 0 Å². The van der Waals surface area contributed by atoms with Gasteiger partial charge in [0.25, 0.3) is 0 Å². The molecule has 0 saturated carbocycles. The van der Waals surface area contributed by atoms with Gasteiger partial charge in [0.15, 0.2) is 5.78 Å². The normalized spacial score (nSPS) is 12.6. The van der Waals surface area contributed by atoms with Crippen LogP contribution in [0.3, 0.4) is 0 Å². The van der Waals surface area contributed by atoms with Crippen LogP contribution in [-0.4, -0.2) is 18.0 Å². The lowest BCUT2D eigenvalue weighted by Gasteiger charge is -2.04. The molecule has 0 aliphatic rings. The summed E-state index contributed by atoms with van der Waals surface area (Å²) < 4.78 is 0. The summed E-state index contributed by atoms with van der Waals surface area (Å²) in [5, 5.41) is 6.62. The number of carbonyl (C=O) groups is 1. The molecule has 1 atom stereocenters. The van der Waals surface area contributed by atoms with Crippen LogP contribution in [-0.2, 0) is 4.79 Å². The van der Waals surface area contributed by atoms with Crippen LogP contribution in [0.25, 0.3) is 0 Å². The topological polar surface area (TPSA) is 66.9 Å². The van der Waals surface area contributed by atoms with Crippen molar-refractivity contribution in [1.82, 2.24) is 0 Å². The molecule has 0 rings (SSSR count). The standard InChI is InChI=1S/C7H14N2O/c1-2-3-4-6(9)7(10)5-8/h5-6,8H,2-4,9H2,1H3/t6-/m0/s1. The average molecular weight is 142 g/mol. The van der Waals surface area contributed by atoms with Gasteiger partial charge in [0.1, 0.15) is 0 Å². The largest absolute Gasteiger partial charge is 0.321 e. The number of nitrogens with two attached hydrogens (primary N) is 1. The first-order valence-electron chi connectivity index (χ1n) is 3.52. The lowest BCUT2D eigenvalue weighted by molar-refractivity contribution is -0.113. The molecular weight excluding hydrogens is 128 g/mol. The number of nitrogens with one attached hydrogen (secondary N) is 1. The van der Waals surface area contributed by atoms with Gasteiger partial charge in [-0.3, -0.25) is 4.79 Å². The Bertz CT molecular complexity index is 123. The Morgan fingerprint density at radius 3 is 2.80 bits per heavy atom. The summed E-state index contributed by atoms with van der Waals surface area (Å²) in [4.78, 5) is 10.6. The molecule has 0 radical (unpaired) electrons. The molecule has 0 fully saturated rings. The zero-order valence-electron chi connectivity index (χ0n) is 6.26. The van der Waals surface area contributed by atoms with Gasteiger partial charge in [0.2, 0.25) is 0 Å². The van der Waals surface area contributed by atoms with Gasteiger partial charge < -0.3 is 11.1 Å². The van der Waals surface area contributed by atoms with E-state index in [-0.39, 0.29) is 5.78 Å². The van der Waals surface area contributed by atoms with Crippen LogP contribution in [0.15, 0.2) is 0 Å². The number of hydrogen-bond acceptors (Lipinski definition) is 3. The zero-order chi connectivity index (χ0) is 7.98. The van der Waals surface area contributed by atoms with Crippen molar-refractivity contribution in [2.24, 2.45) is 5.73 Å². The highest BCUT2D eigenvalue weighted by molar-refractivity contribution is 6.28. The minimum absolute atomic E-state index is 0.270. The maximum atomic E-state index is 10.6. The summed E-state index contributed by atoms with van der Waals surface area (Å²) >= 11 is 0. The Balaban J connectivity index is 3.51. The van der Waals surface area contributed by atoms with E-state index < -0.39 is 6.04 Å². The second-order valence-electron chi connectivity index (χ2n) is 2.30. The van der Waals surface area contributed by atoms with Crippen LogP contribution in [0.4, 0.5) is 0 Å². The summed E-state index contributed by atoms with van der Waals surface area (Å²) in [6, 6.07) is -0.447. The number of unbranched alkanes of at least 4 members (excludes halogenated alkanes) is 1. The van der Waals surface area contributed by atoms with E-state index in [0.717, 1.165) is 19.1 Å². The molecule has 0 aromatic carbocycles. The molecule has 0 heterocycles. The van der Waals surface area contributed by atoms with Crippen molar-refractivity contribution in [2.75, 3.05) is 0 Å². The van der Waals surface area contributed by atoms with Crippen molar-refractivity contribution in [2.45, 2.75) is 32.2 Å². The molecule has 0 aliphatic carbocycles. The van der Waals surface area contributed by atoms with Crippen molar-refractivity contribution in [1.29, 1.82) is 5.41 Å². The smallest absolute Gasteiger partial charge is 0.189 e. The van der Waals surface area contributed by atoms with Crippen LogP contribution in [0.2, 0.25) is 0 Å². The Kier molecular flexibility index (Phi) is 4.76. The third kappa shape index (κ3) is 3.35. The molecule has 3 heteroatoms. The van der Waals surface area contributed by atoms with E-state index in [1.54, 1.807) is 0 Å². The van der Waals surface area contributed by atoms with Crippen LogP contribution in [0.5, 0.6) is 0 Å². The summed E-state index contributed by atoms with van der Waals surface area (Å²) in [6.45, 7) is 2.04. The van der Waals surface area contributed by atoms with Crippen molar-refractivity contribution < 1.29 is 4.79 Å². The number of Topliss-reactive ketones (excluding diaryl/α,β-unsaturated/α-hetero) is 1. The van der Waals surface area contributed by atoms with E-state index in [9.17, 15) is 4.79 Å². The summed E-state index contributed by atoms with van der Waals surface area (Å²) in [5.41, 5.74) is 5.41. The Morgan fingerprint density at radius 2 is 2.40 bits per heavy atom.